The summed E-state index contributed by atoms with van der Waals surface area (Å²) < 4.78 is 24.9. The van der Waals surface area contributed by atoms with E-state index < -0.39 is 0 Å². The lowest BCUT2D eigenvalue weighted by atomic mass is 10.1. The van der Waals surface area contributed by atoms with Crippen molar-refractivity contribution in [1.29, 1.82) is 0 Å². The highest BCUT2D eigenvalue weighted by Gasteiger charge is 2.11. The Morgan fingerprint density at radius 2 is 2.00 bits per heavy atom. The van der Waals surface area contributed by atoms with Crippen molar-refractivity contribution in [3.8, 4) is 11.5 Å². The topological polar surface area (TPSA) is 30.5 Å². The summed E-state index contributed by atoms with van der Waals surface area (Å²) in [6.45, 7) is 5.09. The van der Waals surface area contributed by atoms with Gasteiger partial charge < -0.3 is 14.8 Å². The van der Waals surface area contributed by atoms with Crippen LogP contribution in [0.5, 0.6) is 11.5 Å². The van der Waals surface area contributed by atoms with Gasteiger partial charge in [0.1, 0.15) is 12.4 Å². The molecule has 0 unspecified atom stereocenters. The van der Waals surface area contributed by atoms with E-state index in [1.807, 2.05) is 18.2 Å². The molecule has 1 atom stereocenters. The first kappa shape index (κ1) is 18.6. The number of nitrogens with one attached hydrogen (secondary N) is 1. The van der Waals surface area contributed by atoms with Crippen molar-refractivity contribution in [2.24, 2.45) is 0 Å². The van der Waals surface area contributed by atoms with E-state index >= 15 is 0 Å². The highest BCUT2D eigenvalue weighted by Crippen LogP contribution is 2.30. The molecule has 2 aromatic carbocycles. The van der Waals surface area contributed by atoms with Crippen molar-refractivity contribution in [2.45, 2.75) is 39.5 Å². The minimum absolute atomic E-state index is 0.0479. The predicted octanol–water partition coefficient (Wildman–Crippen LogP) is 4.95. The Hall–Kier alpha value is -1.78. The Balaban J connectivity index is 2.07. The maximum Gasteiger partial charge on any atom is 0.161 e. The van der Waals surface area contributed by atoms with Crippen LogP contribution in [-0.4, -0.2) is 13.2 Å². The average Bonchev–Trinajstić information content (AvgIpc) is 2.59. The Labute approximate surface area is 147 Å². The number of methoxy groups -OCH3 is 1. The summed E-state index contributed by atoms with van der Waals surface area (Å²) in [5, 5.41) is 3.78. The van der Waals surface area contributed by atoms with E-state index in [1.165, 1.54) is 6.07 Å². The predicted molar refractivity (Wildman–Crippen MR) is 95.3 cm³/mol. The van der Waals surface area contributed by atoms with Gasteiger partial charge >= 0.3 is 0 Å². The number of rotatable bonds is 8. The molecule has 0 spiro atoms. The molecule has 0 saturated heterocycles. The molecule has 0 radical (unpaired) electrons. The second-order valence-electron chi connectivity index (χ2n) is 5.66. The highest BCUT2D eigenvalue weighted by atomic mass is 35.5. The van der Waals surface area contributed by atoms with Crippen LogP contribution < -0.4 is 14.8 Å². The second-order valence-corrected chi connectivity index (χ2v) is 6.07. The van der Waals surface area contributed by atoms with E-state index in [0.29, 0.717) is 28.1 Å². The van der Waals surface area contributed by atoms with E-state index in [1.54, 1.807) is 19.2 Å². The van der Waals surface area contributed by atoms with Crippen LogP contribution in [0.1, 0.15) is 31.4 Å². The fraction of sp³-hybridized carbons (Fsp3) is 0.368. The quantitative estimate of drug-likeness (QED) is 0.729. The van der Waals surface area contributed by atoms with Crippen LogP contribution in [-0.2, 0) is 13.2 Å². The molecule has 3 nitrogen and oxygen atoms in total. The summed E-state index contributed by atoms with van der Waals surface area (Å²) in [7, 11) is 1.59. The molecule has 0 aromatic heterocycles. The van der Waals surface area contributed by atoms with Gasteiger partial charge in [0.25, 0.3) is 0 Å². The van der Waals surface area contributed by atoms with E-state index in [9.17, 15) is 4.39 Å². The van der Waals surface area contributed by atoms with Gasteiger partial charge in [-0.3, -0.25) is 0 Å². The van der Waals surface area contributed by atoms with Crippen molar-refractivity contribution in [1.82, 2.24) is 5.32 Å². The number of hydrogen-bond donors (Lipinski definition) is 1. The Bertz CT molecular complexity index is 658. The average molecular weight is 352 g/mol. The molecule has 24 heavy (non-hydrogen) atoms. The van der Waals surface area contributed by atoms with Crippen LogP contribution in [0.25, 0.3) is 0 Å². The maximum atomic E-state index is 13.8. The lowest BCUT2D eigenvalue weighted by Gasteiger charge is -2.15. The van der Waals surface area contributed by atoms with Crippen LogP contribution in [0.4, 0.5) is 4.39 Å². The standard InChI is InChI=1S/C19H23ClFNO2/c1-4-13(2)22-11-14-8-9-18(19(10-14)23-3)24-12-15-16(20)6-5-7-17(15)21/h5-10,13,22H,4,11-12H2,1-3H3/t13-/m1/s1. The number of halogens is 2. The number of benzene rings is 2. The van der Waals surface area contributed by atoms with Gasteiger partial charge in [-0.1, -0.05) is 30.7 Å². The molecule has 0 amide bonds. The lowest BCUT2D eigenvalue weighted by Crippen LogP contribution is -2.24. The summed E-state index contributed by atoms with van der Waals surface area (Å²) in [5.41, 5.74) is 1.44. The minimum atomic E-state index is -0.379. The molecule has 0 heterocycles. The highest BCUT2D eigenvalue weighted by molar-refractivity contribution is 6.31. The van der Waals surface area contributed by atoms with Crippen molar-refractivity contribution in [2.75, 3.05) is 7.11 Å². The molecular formula is C19H23ClFNO2. The molecule has 2 rings (SSSR count). The van der Waals surface area contributed by atoms with E-state index in [2.05, 4.69) is 19.2 Å². The van der Waals surface area contributed by atoms with Crippen LogP contribution in [0.2, 0.25) is 5.02 Å². The Morgan fingerprint density at radius 3 is 2.67 bits per heavy atom. The van der Waals surface area contributed by atoms with Gasteiger partial charge in [0, 0.05) is 18.2 Å². The first-order chi connectivity index (χ1) is 11.5. The summed E-state index contributed by atoms with van der Waals surface area (Å²) in [6.07, 6.45) is 1.07. The monoisotopic (exact) mass is 351 g/mol. The third-order valence-electron chi connectivity index (χ3n) is 3.93. The zero-order valence-electron chi connectivity index (χ0n) is 14.2. The summed E-state index contributed by atoms with van der Waals surface area (Å²) in [4.78, 5) is 0. The summed E-state index contributed by atoms with van der Waals surface area (Å²) in [5.74, 6) is 0.797. The van der Waals surface area contributed by atoms with Gasteiger partial charge in [-0.05, 0) is 43.2 Å². The van der Waals surface area contributed by atoms with E-state index in [0.717, 1.165) is 18.5 Å². The van der Waals surface area contributed by atoms with Gasteiger partial charge in [-0.2, -0.15) is 0 Å². The normalized spacial score (nSPS) is 12.0. The zero-order valence-corrected chi connectivity index (χ0v) is 15.0. The number of ether oxygens (including phenoxy) is 2. The lowest BCUT2D eigenvalue weighted by molar-refractivity contribution is 0.279. The molecule has 1 N–H and O–H groups in total. The fourth-order valence-electron chi connectivity index (χ4n) is 2.20. The van der Waals surface area contributed by atoms with Crippen LogP contribution in [0, 0.1) is 5.82 Å². The van der Waals surface area contributed by atoms with Crippen molar-refractivity contribution < 1.29 is 13.9 Å². The van der Waals surface area contributed by atoms with Crippen molar-refractivity contribution >= 4 is 11.6 Å². The largest absolute Gasteiger partial charge is 0.493 e. The zero-order chi connectivity index (χ0) is 17.5. The maximum absolute atomic E-state index is 13.8. The number of hydrogen-bond acceptors (Lipinski definition) is 3. The van der Waals surface area contributed by atoms with Gasteiger partial charge in [0.05, 0.1) is 12.1 Å². The molecule has 130 valence electrons. The first-order valence-corrected chi connectivity index (χ1v) is 8.39. The van der Waals surface area contributed by atoms with Crippen molar-refractivity contribution in [3.05, 3.63) is 58.4 Å². The summed E-state index contributed by atoms with van der Waals surface area (Å²) in [6, 6.07) is 10.8. The molecule has 0 aliphatic heterocycles. The minimum Gasteiger partial charge on any atom is -0.493 e. The van der Waals surface area contributed by atoms with E-state index in [-0.39, 0.29) is 12.4 Å². The van der Waals surface area contributed by atoms with Crippen LogP contribution in [0.3, 0.4) is 0 Å². The molecule has 5 heteroatoms. The molecule has 0 fully saturated rings. The van der Waals surface area contributed by atoms with Crippen LogP contribution >= 0.6 is 11.6 Å². The van der Waals surface area contributed by atoms with E-state index in [4.69, 9.17) is 21.1 Å². The first-order valence-electron chi connectivity index (χ1n) is 8.01. The van der Waals surface area contributed by atoms with Gasteiger partial charge in [-0.15, -0.1) is 0 Å². The molecule has 0 bridgehead atoms. The third-order valence-corrected chi connectivity index (χ3v) is 4.28. The molecule has 0 saturated carbocycles. The molecule has 2 aromatic rings. The van der Waals surface area contributed by atoms with Gasteiger partial charge in [0.2, 0.25) is 0 Å². The smallest absolute Gasteiger partial charge is 0.161 e. The SMILES string of the molecule is CC[C@@H](C)NCc1ccc(OCc2c(F)cccc2Cl)c(OC)c1. The molecule has 0 aliphatic rings. The molecular weight excluding hydrogens is 329 g/mol. The van der Waals surface area contributed by atoms with Gasteiger partial charge in [-0.25, -0.2) is 4.39 Å². The van der Waals surface area contributed by atoms with Crippen LogP contribution in [0.15, 0.2) is 36.4 Å². The fourth-order valence-corrected chi connectivity index (χ4v) is 2.42. The second kappa shape index (κ2) is 8.90. The Morgan fingerprint density at radius 1 is 1.21 bits per heavy atom. The van der Waals surface area contributed by atoms with Gasteiger partial charge in [0.15, 0.2) is 11.5 Å². The molecule has 0 aliphatic carbocycles. The van der Waals surface area contributed by atoms with Crippen molar-refractivity contribution in [3.63, 3.8) is 0 Å². The third kappa shape index (κ3) is 4.86. The summed E-state index contributed by atoms with van der Waals surface area (Å²) >= 11 is 6.02. The Kier molecular flexibility index (Phi) is 6.88.